The highest BCUT2D eigenvalue weighted by Gasteiger charge is 2.18. The van der Waals surface area contributed by atoms with Crippen LogP contribution in [-0.4, -0.2) is 86.5 Å². The van der Waals surface area contributed by atoms with Gasteiger partial charge < -0.3 is 28.8 Å². The van der Waals surface area contributed by atoms with Crippen LogP contribution in [0.5, 0.6) is 23.0 Å². The summed E-state index contributed by atoms with van der Waals surface area (Å²) in [4.78, 5) is 0.710. The molecule has 12 heteroatoms. The van der Waals surface area contributed by atoms with E-state index >= 15 is 0 Å². The van der Waals surface area contributed by atoms with Crippen LogP contribution < -0.4 is 14.2 Å². The smallest absolute Gasteiger partial charge is 0.215 e. The average molecular weight is 535 g/mol. The van der Waals surface area contributed by atoms with Crippen molar-refractivity contribution in [3.8, 4) is 23.0 Å². The van der Waals surface area contributed by atoms with Gasteiger partial charge >= 0.3 is 0 Å². The molecule has 0 atom stereocenters. The van der Waals surface area contributed by atoms with E-state index in [1.54, 1.807) is 52.6 Å². The highest BCUT2D eigenvalue weighted by Crippen LogP contribution is 2.26. The van der Waals surface area contributed by atoms with Crippen LogP contribution in [0.4, 0.5) is 0 Å². The predicted molar refractivity (Wildman–Crippen MR) is 147 cm³/mol. The fourth-order valence-corrected chi connectivity index (χ4v) is 3.45. The van der Waals surface area contributed by atoms with Crippen LogP contribution in [0.1, 0.15) is 17.5 Å². The van der Waals surface area contributed by atoms with Crippen molar-refractivity contribution < 1.29 is 28.8 Å². The first-order valence-electron chi connectivity index (χ1n) is 10.6. The molecule has 0 fully saturated rings. The zero-order chi connectivity index (χ0) is 26.8. The summed E-state index contributed by atoms with van der Waals surface area (Å²) in [5.74, 6) is 2.33. The Morgan fingerprint density at radius 2 is 1.22 bits per heavy atom. The highest BCUT2D eigenvalue weighted by molar-refractivity contribution is 7.81. The van der Waals surface area contributed by atoms with Gasteiger partial charge in [0.25, 0.3) is 0 Å². The molecule has 2 aromatic rings. The lowest BCUT2D eigenvalue weighted by atomic mass is 10.2. The highest BCUT2D eigenvalue weighted by atomic mass is 32.1. The Kier molecular flexibility index (Phi) is 10.7. The number of phenolic OH excluding ortho intramolecular Hbond substituents is 1. The summed E-state index contributed by atoms with van der Waals surface area (Å²) in [5.41, 5.74) is 1.14. The Hall–Kier alpha value is -3.64. The maximum Gasteiger partial charge on any atom is 0.215 e. The molecule has 0 aliphatic rings. The van der Waals surface area contributed by atoms with E-state index in [-0.39, 0.29) is 24.0 Å². The summed E-state index contributed by atoms with van der Waals surface area (Å²) in [6.45, 7) is 0. The van der Waals surface area contributed by atoms with Crippen molar-refractivity contribution in [3.63, 3.8) is 0 Å². The van der Waals surface area contributed by atoms with E-state index in [0.717, 1.165) is 0 Å². The minimum Gasteiger partial charge on any atom is -0.508 e. The lowest BCUT2D eigenvalue weighted by Crippen LogP contribution is -2.26. The topological polar surface area (TPSA) is 97.6 Å². The Bertz CT molecular complexity index is 1160. The maximum atomic E-state index is 9.86. The summed E-state index contributed by atoms with van der Waals surface area (Å²) in [6, 6.07) is 9.96. The lowest BCUT2D eigenvalue weighted by molar-refractivity contribution is 0.352. The molecule has 36 heavy (non-hydrogen) atoms. The summed E-state index contributed by atoms with van der Waals surface area (Å²) in [7, 11) is 11.0. The minimum absolute atomic E-state index is 0.0537. The predicted octanol–water partition coefficient (Wildman–Crippen LogP) is 3.64. The van der Waals surface area contributed by atoms with Crippen molar-refractivity contribution in [2.45, 2.75) is 6.42 Å². The molecule has 2 rings (SSSR count). The molecule has 10 nitrogen and oxygen atoms in total. The zero-order valence-corrected chi connectivity index (χ0v) is 22.9. The summed E-state index contributed by atoms with van der Waals surface area (Å²) >= 11 is 11.1. The molecule has 0 radical (unpaired) electrons. The van der Waals surface area contributed by atoms with Crippen molar-refractivity contribution in [2.75, 3.05) is 49.6 Å². The molecular formula is C24H30N4O6S2. The van der Waals surface area contributed by atoms with E-state index in [1.807, 2.05) is 0 Å². The third kappa shape index (κ3) is 7.18. The molecule has 0 bridgehead atoms. The first-order valence-corrected chi connectivity index (χ1v) is 11.4. The van der Waals surface area contributed by atoms with Crippen LogP contribution in [0, 0.1) is 0 Å². The Balaban J connectivity index is 2.26. The van der Waals surface area contributed by atoms with Crippen LogP contribution in [0.2, 0.25) is 0 Å². The summed E-state index contributed by atoms with van der Waals surface area (Å²) in [6.07, 6.45) is 0.110. The van der Waals surface area contributed by atoms with Crippen molar-refractivity contribution >= 4 is 46.2 Å². The van der Waals surface area contributed by atoms with E-state index in [2.05, 4.69) is 10.2 Å². The molecular weight excluding hydrogens is 504 g/mol. The number of nitrogens with zero attached hydrogens (tertiary/aromatic N) is 4. The van der Waals surface area contributed by atoms with Gasteiger partial charge in [0.1, 0.15) is 39.4 Å². The van der Waals surface area contributed by atoms with Gasteiger partial charge in [-0.05, 0) is 36.4 Å². The number of hydrogen-bond acceptors (Lipinski definition) is 10. The number of hydrogen-bond donors (Lipinski definition) is 1. The molecule has 0 aliphatic heterocycles. The number of hydrazone groups is 2. The van der Waals surface area contributed by atoms with Crippen molar-refractivity contribution in [1.82, 2.24) is 10.0 Å². The number of ether oxygens (including phenoxy) is 5. The molecule has 0 spiro atoms. The van der Waals surface area contributed by atoms with E-state index in [4.69, 9.17) is 48.1 Å². The molecule has 2 aromatic carbocycles. The minimum atomic E-state index is 0.0537. The monoisotopic (exact) mass is 534 g/mol. The van der Waals surface area contributed by atoms with Crippen molar-refractivity contribution in [2.24, 2.45) is 10.2 Å². The van der Waals surface area contributed by atoms with Crippen LogP contribution in [-0.2, 0) is 9.47 Å². The second kappa shape index (κ2) is 13.4. The average Bonchev–Trinajstić information content (AvgIpc) is 2.90. The molecule has 0 saturated carbocycles. The molecule has 0 aliphatic carbocycles. The quantitative estimate of drug-likeness (QED) is 0.222. The molecule has 0 saturated heterocycles. The van der Waals surface area contributed by atoms with Gasteiger partial charge in [0.2, 0.25) is 11.8 Å². The Morgan fingerprint density at radius 1 is 0.750 bits per heavy atom. The number of phenols is 1. The van der Waals surface area contributed by atoms with E-state index < -0.39 is 0 Å². The van der Waals surface area contributed by atoms with Gasteiger partial charge in [-0.2, -0.15) is 0 Å². The van der Waals surface area contributed by atoms with Gasteiger partial charge in [-0.25, -0.2) is 0 Å². The third-order valence-electron chi connectivity index (χ3n) is 4.94. The molecule has 1 N–H and O–H groups in total. The summed E-state index contributed by atoms with van der Waals surface area (Å²) in [5, 5.41) is 21.7. The number of aromatic hydroxyl groups is 1. The maximum absolute atomic E-state index is 9.86. The Morgan fingerprint density at radius 3 is 1.67 bits per heavy atom. The SMILES string of the molecule is CO/C(C/C(=N/N(C)C(=S)c1cc(OC)ccc1OC)OC)=N\N(C)C(=S)c1cc(O)ccc1OC. The third-order valence-corrected chi connectivity index (χ3v) is 5.90. The molecule has 0 aromatic heterocycles. The molecule has 194 valence electrons. The number of thiocarbonyl (C=S) groups is 2. The van der Waals surface area contributed by atoms with Gasteiger partial charge in [0, 0.05) is 14.1 Å². The fourth-order valence-electron chi connectivity index (χ4n) is 3.04. The van der Waals surface area contributed by atoms with E-state index in [1.165, 1.54) is 43.5 Å². The number of benzene rings is 2. The largest absolute Gasteiger partial charge is 0.508 e. The first kappa shape index (κ1) is 28.6. The number of rotatable bonds is 9. The van der Waals surface area contributed by atoms with Crippen molar-refractivity contribution in [1.29, 1.82) is 0 Å². The van der Waals surface area contributed by atoms with Crippen LogP contribution in [0.15, 0.2) is 46.6 Å². The fraction of sp³-hybridized carbons (Fsp3) is 0.333. The normalized spacial score (nSPS) is 11.4. The Labute approximate surface area is 221 Å². The molecule has 0 amide bonds. The van der Waals surface area contributed by atoms with E-state index in [9.17, 15) is 5.11 Å². The zero-order valence-electron chi connectivity index (χ0n) is 21.3. The van der Waals surface area contributed by atoms with Gasteiger partial charge in [-0.15, -0.1) is 10.2 Å². The molecule has 0 unspecified atom stereocenters. The van der Waals surface area contributed by atoms with Gasteiger partial charge in [-0.1, -0.05) is 24.4 Å². The van der Waals surface area contributed by atoms with Crippen LogP contribution in [0.25, 0.3) is 0 Å². The summed E-state index contributed by atoms with van der Waals surface area (Å²) < 4.78 is 26.9. The van der Waals surface area contributed by atoms with Crippen molar-refractivity contribution in [3.05, 3.63) is 47.5 Å². The molecule has 0 heterocycles. The van der Waals surface area contributed by atoms with Gasteiger partial charge in [0.05, 0.1) is 46.7 Å². The van der Waals surface area contributed by atoms with Gasteiger partial charge in [-0.3, -0.25) is 10.0 Å². The number of methoxy groups -OCH3 is 5. The standard InChI is InChI=1S/C24H30N4O6S2/c1-27(23(35)17-12-15(29)8-10-19(17)31-4)25-21(33-6)14-22(34-7)26-28(2)24(36)18-13-16(30-3)9-11-20(18)32-5/h8-13,29H,14H2,1-7H3/b25-21-,26-22-. The second-order valence-electron chi connectivity index (χ2n) is 7.18. The van der Waals surface area contributed by atoms with Crippen LogP contribution >= 0.6 is 24.4 Å². The first-order chi connectivity index (χ1) is 17.2. The van der Waals surface area contributed by atoms with Gasteiger partial charge in [0.15, 0.2) is 0 Å². The lowest BCUT2D eigenvalue weighted by Gasteiger charge is -2.20. The van der Waals surface area contributed by atoms with E-state index in [0.29, 0.717) is 38.4 Å². The second-order valence-corrected chi connectivity index (χ2v) is 7.95. The van der Waals surface area contributed by atoms with Crippen LogP contribution in [0.3, 0.4) is 0 Å².